The summed E-state index contributed by atoms with van der Waals surface area (Å²) < 4.78 is 38.7. The molecule has 108 valence electrons. The number of halogens is 3. The number of aromatic nitrogens is 4. The number of carbonyl (C=O) groups excluding carboxylic acids is 1. The van der Waals surface area contributed by atoms with E-state index in [1.165, 1.54) is 0 Å². The number of hydrogen-bond donors (Lipinski definition) is 2. The first kappa shape index (κ1) is 14.1. The third kappa shape index (κ3) is 2.98. The smallest absolute Gasteiger partial charge is 0.345 e. The van der Waals surface area contributed by atoms with Crippen molar-refractivity contribution in [3.8, 4) is 0 Å². The molecule has 2 heterocycles. The SMILES string of the molecule is Cc1cc(CNC(=O)c2cc(C(F)(F)F)[nH]n2)n(C)n1. The number of nitrogens with zero attached hydrogens (tertiary/aromatic N) is 3. The zero-order chi connectivity index (χ0) is 14.9. The Kier molecular flexibility index (Phi) is 3.51. The van der Waals surface area contributed by atoms with Crippen LogP contribution < -0.4 is 5.32 Å². The van der Waals surface area contributed by atoms with Crippen molar-refractivity contribution in [2.75, 3.05) is 0 Å². The molecule has 0 unspecified atom stereocenters. The van der Waals surface area contributed by atoms with Gasteiger partial charge in [0.15, 0.2) is 5.69 Å². The molecule has 0 aromatic carbocycles. The number of amides is 1. The molecule has 0 aliphatic carbocycles. The maximum Gasteiger partial charge on any atom is 0.432 e. The van der Waals surface area contributed by atoms with E-state index in [4.69, 9.17) is 0 Å². The molecule has 9 heteroatoms. The summed E-state index contributed by atoms with van der Waals surface area (Å²) in [6.07, 6.45) is -4.55. The summed E-state index contributed by atoms with van der Waals surface area (Å²) in [5.74, 6) is -0.685. The molecule has 6 nitrogen and oxygen atoms in total. The molecule has 2 aromatic heterocycles. The van der Waals surface area contributed by atoms with Gasteiger partial charge < -0.3 is 5.32 Å². The maximum absolute atomic E-state index is 12.4. The van der Waals surface area contributed by atoms with Gasteiger partial charge in [0.25, 0.3) is 5.91 Å². The Labute approximate surface area is 112 Å². The Balaban J connectivity index is 2.02. The van der Waals surface area contributed by atoms with E-state index in [0.29, 0.717) is 6.07 Å². The van der Waals surface area contributed by atoms with Gasteiger partial charge in [0.05, 0.1) is 17.9 Å². The topological polar surface area (TPSA) is 75.6 Å². The van der Waals surface area contributed by atoms with E-state index < -0.39 is 17.8 Å². The van der Waals surface area contributed by atoms with Gasteiger partial charge in [0, 0.05) is 13.1 Å². The molecule has 2 aromatic rings. The molecule has 0 bridgehead atoms. The molecule has 0 fully saturated rings. The first-order chi connectivity index (χ1) is 9.27. The first-order valence-electron chi connectivity index (χ1n) is 5.67. The standard InChI is InChI=1S/C11H12F3N5O/c1-6-3-7(19(2)18-6)5-15-10(20)8-4-9(17-16-8)11(12,13)14/h3-4H,5H2,1-2H3,(H,15,20)(H,16,17). The predicted octanol–water partition coefficient (Wildman–Crippen LogP) is 1.40. The summed E-state index contributed by atoms with van der Waals surface area (Å²) in [6, 6.07) is 2.44. The Hall–Kier alpha value is -2.32. The average Bonchev–Trinajstić information content (AvgIpc) is 2.92. The molecule has 0 aliphatic heterocycles. The zero-order valence-corrected chi connectivity index (χ0v) is 10.7. The molecule has 0 saturated heterocycles. The zero-order valence-electron chi connectivity index (χ0n) is 10.7. The van der Waals surface area contributed by atoms with Crippen molar-refractivity contribution in [2.24, 2.45) is 7.05 Å². The quantitative estimate of drug-likeness (QED) is 0.896. The molecule has 0 spiro atoms. The second-order valence-electron chi connectivity index (χ2n) is 4.25. The van der Waals surface area contributed by atoms with Crippen LogP contribution in [0, 0.1) is 6.92 Å². The average molecular weight is 287 g/mol. The lowest BCUT2D eigenvalue weighted by Crippen LogP contribution is -2.24. The van der Waals surface area contributed by atoms with E-state index in [1.54, 1.807) is 29.8 Å². The van der Waals surface area contributed by atoms with Gasteiger partial charge in [-0.3, -0.25) is 14.6 Å². The van der Waals surface area contributed by atoms with Gasteiger partial charge in [0.1, 0.15) is 5.69 Å². The Morgan fingerprint density at radius 1 is 1.45 bits per heavy atom. The third-order valence-electron chi connectivity index (χ3n) is 2.64. The fourth-order valence-corrected chi connectivity index (χ4v) is 1.67. The Bertz CT molecular complexity index is 628. The van der Waals surface area contributed by atoms with Crippen LogP contribution in [-0.2, 0) is 19.8 Å². The Morgan fingerprint density at radius 2 is 2.15 bits per heavy atom. The third-order valence-corrected chi connectivity index (χ3v) is 2.64. The highest BCUT2D eigenvalue weighted by atomic mass is 19.4. The summed E-state index contributed by atoms with van der Waals surface area (Å²) in [6.45, 7) is 1.96. The van der Waals surface area contributed by atoms with Crippen LogP contribution in [0.4, 0.5) is 13.2 Å². The van der Waals surface area contributed by atoms with E-state index in [0.717, 1.165) is 11.4 Å². The monoisotopic (exact) mass is 287 g/mol. The summed E-state index contributed by atoms with van der Waals surface area (Å²) in [7, 11) is 1.71. The predicted molar refractivity (Wildman–Crippen MR) is 62.7 cm³/mol. The summed E-state index contributed by atoms with van der Waals surface area (Å²) in [5, 5.41) is 11.7. The number of alkyl halides is 3. The molecule has 20 heavy (non-hydrogen) atoms. The highest BCUT2D eigenvalue weighted by molar-refractivity contribution is 5.92. The van der Waals surface area contributed by atoms with Gasteiger partial charge in [-0.2, -0.15) is 23.4 Å². The van der Waals surface area contributed by atoms with Crippen LogP contribution >= 0.6 is 0 Å². The summed E-state index contributed by atoms with van der Waals surface area (Å²) >= 11 is 0. The van der Waals surface area contributed by atoms with E-state index in [2.05, 4.69) is 15.5 Å². The second-order valence-corrected chi connectivity index (χ2v) is 4.25. The van der Waals surface area contributed by atoms with Crippen molar-refractivity contribution in [3.63, 3.8) is 0 Å². The van der Waals surface area contributed by atoms with E-state index in [1.807, 2.05) is 0 Å². The van der Waals surface area contributed by atoms with Gasteiger partial charge >= 0.3 is 6.18 Å². The van der Waals surface area contributed by atoms with Gasteiger partial charge in [0.2, 0.25) is 0 Å². The van der Waals surface area contributed by atoms with Crippen LogP contribution in [-0.4, -0.2) is 25.9 Å². The first-order valence-corrected chi connectivity index (χ1v) is 5.67. The minimum atomic E-state index is -4.55. The van der Waals surface area contributed by atoms with Gasteiger partial charge in [-0.05, 0) is 13.0 Å². The number of nitrogens with one attached hydrogen (secondary N) is 2. The van der Waals surface area contributed by atoms with E-state index in [-0.39, 0.29) is 12.2 Å². The normalized spacial score (nSPS) is 11.7. The lowest BCUT2D eigenvalue weighted by molar-refractivity contribution is -0.141. The number of H-pyrrole nitrogens is 1. The van der Waals surface area contributed by atoms with Crippen LogP contribution in [0.15, 0.2) is 12.1 Å². The van der Waals surface area contributed by atoms with Crippen molar-refractivity contribution in [1.29, 1.82) is 0 Å². The minimum absolute atomic E-state index is 0.157. The van der Waals surface area contributed by atoms with Gasteiger partial charge in [-0.1, -0.05) is 0 Å². The van der Waals surface area contributed by atoms with Crippen molar-refractivity contribution in [3.05, 3.63) is 34.9 Å². The van der Waals surface area contributed by atoms with Gasteiger partial charge in [-0.15, -0.1) is 0 Å². The molecule has 0 radical (unpaired) electrons. The highest BCUT2D eigenvalue weighted by Crippen LogP contribution is 2.27. The van der Waals surface area contributed by atoms with Crippen molar-refractivity contribution in [1.82, 2.24) is 25.3 Å². The molecule has 0 aliphatic rings. The molecule has 2 rings (SSSR count). The molecule has 0 atom stereocenters. The summed E-state index contributed by atoms with van der Waals surface area (Å²) in [4.78, 5) is 11.7. The number of aryl methyl sites for hydroxylation is 2. The minimum Gasteiger partial charge on any atom is -0.345 e. The molecule has 2 N–H and O–H groups in total. The van der Waals surface area contributed by atoms with Crippen LogP contribution in [0.2, 0.25) is 0 Å². The molecular weight excluding hydrogens is 275 g/mol. The summed E-state index contributed by atoms with van der Waals surface area (Å²) in [5.41, 5.74) is 0.161. The van der Waals surface area contributed by atoms with Gasteiger partial charge in [-0.25, -0.2) is 0 Å². The molecule has 0 saturated carbocycles. The van der Waals surface area contributed by atoms with Crippen LogP contribution in [0.5, 0.6) is 0 Å². The number of hydrogen-bond acceptors (Lipinski definition) is 3. The largest absolute Gasteiger partial charge is 0.432 e. The van der Waals surface area contributed by atoms with E-state index >= 15 is 0 Å². The number of carbonyl (C=O) groups is 1. The van der Waals surface area contributed by atoms with Crippen LogP contribution in [0.1, 0.15) is 27.6 Å². The fraction of sp³-hybridized carbons (Fsp3) is 0.364. The molecular formula is C11H12F3N5O. The number of rotatable bonds is 3. The molecule has 1 amide bonds. The second kappa shape index (κ2) is 4.99. The van der Waals surface area contributed by atoms with Crippen molar-refractivity contribution < 1.29 is 18.0 Å². The van der Waals surface area contributed by atoms with Crippen molar-refractivity contribution >= 4 is 5.91 Å². The van der Waals surface area contributed by atoms with Crippen molar-refractivity contribution in [2.45, 2.75) is 19.6 Å². The number of aromatic amines is 1. The maximum atomic E-state index is 12.4. The lowest BCUT2D eigenvalue weighted by atomic mass is 10.3. The van der Waals surface area contributed by atoms with Crippen LogP contribution in [0.25, 0.3) is 0 Å². The van der Waals surface area contributed by atoms with Crippen LogP contribution in [0.3, 0.4) is 0 Å². The fourth-order valence-electron chi connectivity index (χ4n) is 1.67. The lowest BCUT2D eigenvalue weighted by Gasteiger charge is -2.03. The highest BCUT2D eigenvalue weighted by Gasteiger charge is 2.33. The van der Waals surface area contributed by atoms with E-state index in [9.17, 15) is 18.0 Å². The Morgan fingerprint density at radius 3 is 2.65 bits per heavy atom.